The number of ether oxygens (including phenoxy) is 2. The zero-order valence-electron chi connectivity index (χ0n) is 14.6. The number of carbonyl (C=O) groups excluding carboxylic acids is 1. The molecule has 0 aliphatic carbocycles. The van der Waals surface area contributed by atoms with Crippen LogP contribution in [0.2, 0.25) is 0 Å². The van der Waals surface area contributed by atoms with Gasteiger partial charge in [0.2, 0.25) is 5.91 Å². The molecule has 2 rings (SSSR count). The first kappa shape index (κ1) is 18.9. The smallest absolute Gasteiger partial charge is 0.239 e. The molecule has 1 heterocycles. The van der Waals surface area contributed by atoms with Crippen molar-refractivity contribution in [3.05, 3.63) is 35.9 Å². The fourth-order valence-electron chi connectivity index (χ4n) is 2.96. The lowest BCUT2D eigenvalue weighted by Crippen LogP contribution is -2.56. The van der Waals surface area contributed by atoms with Crippen molar-refractivity contribution in [1.29, 1.82) is 0 Å². The Morgan fingerprint density at radius 1 is 1.46 bits per heavy atom. The zero-order chi connectivity index (χ0) is 17.4. The Morgan fingerprint density at radius 2 is 2.21 bits per heavy atom. The summed E-state index contributed by atoms with van der Waals surface area (Å²) < 4.78 is 10.9. The number of morpholine rings is 1. The normalized spacial score (nSPS) is 21.2. The summed E-state index contributed by atoms with van der Waals surface area (Å²) in [6.45, 7) is 5.54. The third-order valence-electron chi connectivity index (χ3n) is 4.33. The molecule has 1 aromatic carbocycles. The van der Waals surface area contributed by atoms with Crippen LogP contribution < -0.4 is 11.1 Å². The van der Waals surface area contributed by atoms with Gasteiger partial charge in [0, 0.05) is 26.7 Å². The van der Waals surface area contributed by atoms with Gasteiger partial charge in [-0.25, -0.2) is 0 Å². The first-order chi connectivity index (χ1) is 11.6. The second kappa shape index (κ2) is 9.74. The molecular weight excluding hydrogens is 306 g/mol. The van der Waals surface area contributed by atoms with Crippen LogP contribution in [0.1, 0.15) is 18.9 Å². The first-order valence-corrected chi connectivity index (χ1v) is 8.56. The summed E-state index contributed by atoms with van der Waals surface area (Å²) in [4.78, 5) is 14.5. The summed E-state index contributed by atoms with van der Waals surface area (Å²) in [5.74, 6) is -0.188. The lowest BCUT2D eigenvalue weighted by Gasteiger charge is -2.37. The summed E-state index contributed by atoms with van der Waals surface area (Å²) in [6.07, 6.45) is 0.779. The highest BCUT2D eigenvalue weighted by atomic mass is 16.5. The van der Waals surface area contributed by atoms with E-state index < -0.39 is 6.04 Å². The minimum Gasteiger partial charge on any atom is -0.383 e. The lowest BCUT2D eigenvalue weighted by atomic mass is 10.1. The lowest BCUT2D eigenvalue weighted by molar-refractivity contribution is -0.126. The number of nitrogens with zero attached hydrogens (tertiary/aromatic N) is 1. The second-order valence-electron chi connectivity index (χ2n) is 6.22. The van der Waals surface area contributed by atoms with Gasteiger partial charge in [0.1, 0.15) is 6.04 Å². The van der Waals surface area contributed by atoms with Crippen molar-refractivity contribution in [3.63, 3.8) is 0 Å². The van der Waals surface area contributed by atoms with Crippen LogP contribution in [0, 0.1) is 0 Å². The van der Waals surface area contributed by atoms with Gasteiger partial charge < -0.3 is 20.5 Å². The maximum absolute atomic E-state index is 12.1. The largest absolute Gasteiger partial charge is 0.383 e. The Labute approximate surface area is 144 Å². The van der Waals surface area contributed by atoms with E-state index in [2.05, 4.69) is 34.5 Å². The second-order valence-corrected chi connectivity index (χ2v) is 6.22. The highest BCUT2D eigenvalue weighted by molar-refractivity contribution is 5.81. The molecule has 0 spiro atoms. The van der Waals surface area contributed by atoms with Crippen molar-refractivity contribution >= 4 is 5.91 Å². The predicted octanol–water partition coefficient (Wildman–Crippen LogP) is 0.756. The van der Waals surface area contributed by atoms with Crippen LogP contribution in [-0.2, 0) is 20.8 Å². The first-order valence-electron chi connectivity index (χ1n) is 8.56. The standard InChI is InChI=1S/C18H29N3O3/c1-3-16(20-18(22)15(19)13-23-2)17-12-21(9-10-24-17)11-14-7-5-4-6-8-14/h4-8,15-17H,3,9-13,19H2,1-2H3,(H,20,22). The number of amides is 1. The third-order valence-corrected chi connectivity index (χ3v) is 4.33. The van der Waals surface area contributed by atoms with Crippen molar-refractivity contribution in [3.8, 4) is 0 Å². The Kier molecular flexibility index (Phi) is 7.65. The van der Waals surface area contributed by atoms with E-state index in [-0.39, 0.29) is 24.7 Å². The summed E-state index contributed by atoms with van der Waals surface area (Å²) in [5.41, 5.74) is 7.09. The zero-order valence-corrected chi connectivity index (χ0v) is 14.6. The monoisotopic (exact) mass is 335 g/mol. The fraction of sp³-hybridized carbons (Fsp3) is 0.611. The molecular formula is C18H29N3O3. The van der Waals surface area contributed by atoms with Crippen LogP contribution in [0.15, 0.2) is 30.3 Å². The van der Waals surface area contributed by atoms with Gasteiger partial charge >= 0.3 is 0 Å². The van der Waals surface area contributed by atoms with Gasteiger partial charge in [-0.05, 0) is 12.0 Å². The molecule has 3 N–H and O–H groups in total. The van der Waals surface area contributed by atoms with Gasteiger partial charge in [-0.15, -0.1) is 0 Å². The van der Waals surface area contributed by atoms with Crippen molar-refractivity contribution in [1.82, 2.24) is 10.2 Å². The summed E-state index contributed by atoms with van der Waals surface area (Å²) in [6, 6.07) is 9.71. The minimum atomic E-state index is -0.645. The Balaban J connectivity index is 1.90. The van der Waals surface area contributed by atoms with E-state index in [4.69, 9.17) is 15.2 Å². The number of methoxy groups -OCH3 is 1. The number of rotatable bonds is 8. The molecule has 1 saturated heterocycles. The van der Waals surface area contributed by atoms with Crippen LogP contribution in [0.5, 0.6) is 0 Å². The number of hydrogen-bond donors (Lipinski definition) is 2. The van der Waals surface area contributed by atoms with E-state index in [1.807, 2.05) is 13.0 Å². The van der Waals surface area contributed by atoms with Crippen LogP contribution in [0.25, 0.3) is 0 Å². The summed E-state index contributed by atoms with van der Waals surface area (Å²) >= 11 is 0. The van der Waals surface area contributed by atoms with E-state index in [9.17, 15) is 4.79 Å². The third kappa shape index (κ3) is 5.56. The van der Waals surface area contributed by atoms with Crippen molar-refractivity contribution in [2.75, 3.05) is 33.4 Å². The number of hydrogen-bond acceptors (Lipinski definition) is 5. The van der Waals surface area contributed by atoms with Crippen LogP contribution in [0.4, 0.5) is 0 Å². The quantitative estimate of drug-likeness (QED) is 0.733. The highest BCUT2D eigenvalue weighted by Gasteiger charge is 2.29. The maximum atomic E-state index is 12.1. The van der Waals surface area contributed by atoms with Crippen LogP contribution >= 0.6 is 0 Å². The number of carbonyl (C=O) groups is 1. The van der Waals surface area contributed by atoms with E-state index in [0.29, 0.717) is 6.61 Å². The van der Waals surface area contributed by atoms with Gasteiger partial charge in [-0.1, -0.05) is 37.3 Å². The number of benzene rings is 1. The topological polar surface area (TPSA) is 76.8 Å². The molecule has 134 valence electrons. The van der Waals surface area contributed by atoms with Crippen molar-refractivity contribution in [2.45, 2.75) is 38.1 Å². The van der Waals surface area contributed by atoms with E-state index in [1.165, 1.54) is 12.7 Å². The van der Waals surface area contributed by atoms with Crippen LogP contribution in [0.3, 0.4) is 0 Å². The van der Waals surface area contributed by atoms with E-state index >= 15 is 0 Å². The Hall–Kier alpha value is -1.47. The molecule has 0 saturated carbocycles. The SMILES string of the molecule is CCC(NC(=O)C(N)COC)C1CN(Cc2ccccc2)CCO1. The predicted molar refractivity (Wildman–Crippen MR) is 93.5 cm³/mol. The molecule has 1 aromatic rings. The molecule has 0 aromatic heterocycles. The summed E-state index contributed by atoms with van der Waals surface area (Å²) in [5, 5.41) is 3.01. The summed E-state index contributed by atoms with van der Waals surface area (Å²) in [7, 11) is 1.54. The van der Waals surface area contributed by atoms with Gasteiger partial charge in [-0.2, -0.15) is 0 Å². The molecule has 1 amide bonds. The molecule has 1 aliphatic heterocycles. The average Bonchev–Trinajstić information content (AvgIpc) is 2.60. The van der Waals surface area contributed by atoms with E-state index in [0.717, 1.165) is 26.1 Å². The molecule has 24 heavy (non-hydrogen) atoms. The molecule has 6 heteroatoms. The van der Waals surface area contributed by atoms with Gasteiger partial charge in [0.25, 0.3) is 0 Å². The number of nitrogens with two attached hydrogens (primary N) is 1. The Bertz CT molecular complexity index is 498. The van der Waals surface area contributed by atoms with Crippen LogP contribution in [-0.4, -0.2) is 62.4 Å². The Morgan fingerprint density at radius 3 is 2.88 bits per heavy atom. The van der Waals surface area contributed by atoms with Gasteiger partial charge in [-0.3, -0.25) is 9.69 Å². The average molecular weight is 335 g/mol. The molecule has 3 unspecified atom stereocenters. The van der Waals surface area contributed by atoms with Gasteiger partial charge in [0.05, 0.1) is 25.4 Å². The fourth-order valence-corrected chi connectivity index (χ4v) is 2.96. The minimum absolute atomic E-state index is 0.0221. The van der Waals surface area contributed by atoms with Crippen molar-refractivity contribution in [2.24, 2.45) is 5.73 Å². The van der Waals surface area contributed by atoms with Gasteiger partial charge in [0.15, 0.2) is 0 Å². The highest BCUT2D eigenvalue weighted by Crippen LogP contribution is 2.14. The molecule has 6 nitrogen and oxygen atoms in total. The molecule has 0 radical (unpaired) electrons. The van der Waals surface area contributed by atoms with E-state index in [1.54, 1.807) is 0 Å². The molecule has 1 fully saturated rings. The molecule has 0 bridgehead atoms. The number of nitrogens with one attached hydrogen (secondary N) is 1. The maximum Gasteiger partial charge on any atom is 0.239 e. The molecule has 3 atom stereocenters. The van der Waals surface area contributed by atoms with Crippen molar-refractivity contribution < 1.29 is 14.3 Å². The molecule has 1 aliphatic rings.